The topological polar surface area (TPSA) is 30.5 Å². The third kappa shape index (κ3) is 6.17. The minimum Gasteiger partial charge on any atom is -0.493 e. The lowest BCUT2D eigenvalue weighted by atomic mass is 10.2. The third-order valence-electron chi connectivity index (χ3n) is 2.27. The molecule has 96 valence electrons. The van der Waals surface area contributed by atoms with E-state index in [-0.39, 0.29) is 0 Å². The number of anilines is 1. The van der Waals surface area contributed by atoms with Crippen LogP contribution in [0.3, 0.4) is 0 Å². The molecule has 0 saturated carbocycles. The zero-order valence-electron chi connectivity index (χ0n) is 11.0. The van der Waals surface area contributed by atoms with Crippen molar-refractivity contribution in [2.45, 2.75) is 20.3 Å². The first-order chi connectivity index (χ1) is 8.22. The smallest absolute Gasteiger partial charge is 0.121 e. The number of ether oxygens (including phenoxy) is 2. The van der Waals surface area contributed by atoms with Gasteiger partial charge in [-0.3, -0.25) is 0 Å². The maximum Gasteiger partial charge on any atom is 0.121 e. The summed E-state index contributed by atoms with van der Waals surface area (Å²) < 4.78 is 10.7. The molecule has 0 aliphatic carbocycles. The minimum atomic E-state index is 0.549. The van der Waals surface area contributed by atoms with E-state index >= 15 is 0 Å². The van der Waals surface area contributed by atoms with Crippen molar-refractivity contribution in [2.24, 2.45) is 5.92 Å². The molecule has 3 heteroatoms. The van der Waals surface area contributed by atoms with Gasteiger partial charge in [0, 0.05) is 32.0 Å². The molecule has 3 nitrogen and oxygen atoms in total. The summed E-state index contributed by atoms with van der Waals surface area (Å²) >= 11 is 0. The standard InChI is InChI=1S/C14H23NO2/c1-12(2)11-17-14-7-4-6-13(10-14)15-8-5-9-16-3/h4,6-7,10,12,15H,5,8-9,11H2,1-3H3. The summed E-state index contributed by atoms with van der Waals surface area (Å²) in [6.45, 7) is 6.75. The average molecular weight is 237 g/mol. The van der Waals surface area contributed by atoms with Crippen molar-refractivity contribution in [1.29, 1.82) is 0 Å². The maximum absolute atomic E-state index is 5.67. The Balaban J connectivity index is 2.37. The van der Waals surface area contributed by atoms with Gasteiger partial charge in [0.2, 0.25) is 0 Å². The minimum absolute atomic E-state index is 0.549. The first-order valence-electron chi connectivity index (χ1n) is 6.18. The van der Waals surface area contributed by atoms with Gasteiger partial charge in [0.25, 0.3) is 0 Å². The second-order valence-corrected chi connectivity index (χ2v) is 4.51. The predicted molar refractivity (Wildman–Crippen MR) is 71.8 cm³/mol. The molecule has 1 N–H and O–H groups in total. The second-order valence-electron chi connectivity index (χ2n) is 4.51. The van der Waals surface area contributed by atoms with E-state index in [2.05, 4.69) is 25.2 Å². The lowest BCUT2D eigenvalue weighted by Crippen LogP contribution is -2.06. The molecule has 0 aliphatic heterocycles. The van der Waals surface area contributed by atoms with Crippen LogP contribution < -0.4 is 10.1 Å². The fourth-order valence-electron chi connectivity index (χ4n) is 1.41. The highest BCUT2D eigenvalue weighted by atomic mass is 16.5. The van der Waals surface area contributed by atoms with Gasteiger partial charge in [-0.25, -0.2) is 0 Å². The highest BCUT2D eigenvalue weighted by molar-refractivity contribution is 5.48. The van der Waals surface area contributed by atoms with Crippen LogP contribution in [0, 0.1) is 5.92 Å². The molecule has 1 rings (SSSR count). The Morgan fingerprint density at radius 2 is 2.12 bits per heavy atom. The summed E-state index contributed by atoms with van der Waals surface area (Å²) in [5.74, 6) is 1.48. The molecule has 0 heterocycles. The van der Waals surface area contributed by atoms with Crippen LogP contribution in [-0.4, -0.2) is 26.9 Å². The fourth-order valence-corrected chi connectivity index (χ4v) is 1.41. The monoisotopic (exact) mass is 237 g/mol. The van der Waals surface area contributed by atoms with E-state index in [0.29, 0.717) is 5.92 Å². The summed E-state index contributed by atoms with van der Waals surface area (Å²) in [5, 5.41) is 3.35. The number of benzene rings is 1. The zero-order chi connectivity index (χ0) is 12.5. The van der Waals surface area contributed by atoms with Crippen molar-refractivity contribution in [3.8, 4) is 5.75 Å². The zero-order valence-corrected chi connectivity index (χ0v) is 11.0. The number of hydrogen-bond donors (Lipinski definition) is 1. The van der Waals surface area contributed by atoms with Gasteiger partial charge in [0.1, 0.15) is 5.75 Å². The number of nitrogens with one attached hydrogen (secondary N) is 1. The van der Waals surface area contributed by atoms with Crippen LogP contribution in [0.1, 0.15) is 20.3 Å². The molecule has 17 heavy (non-hydrogen) atoms. The molecule has 0 aliphatic rings. The molecule has 1 aromatic rings. The quantitative estimate of drug-likeness (QED) is 0.704. The summed E-state index contributed by atoms with van der Waals surface area (Å²) in [6, 6.07) is 8.08. The summed E-state index contributed by atoms with van der Waals surface area (Å²) in [4.78, 5) is 0. The van der Waals surface area contributed by atoms with Crippen LogP contribution in [0.5, 0.6) is 5.75 Å². The molecular formula is C14H23NO2. The van der Waals surface area contributed by atoms with Gasteiger partial charge >= 0.3 is 0 Å². The van der Waals surface area contributed by atoms with Crippen LogP contribution in [0.15, 0.2) is 24.3 Å². The van der Waals surface area contributed by atoms with Crippen molar-refractivity contribution in [3.05, 3.63) is 24.3 Å². The second kappa shape index (κ2) is 7.96. The molecule has 1 aromatic carbocycles. The Kier molecular flexibility index (Phi) is 6.48. The molecular weight excluding hydrogens is 214 g/mol. The van der Waals surface area contributed by atoms with E-state index in [0.717, 1.165) is 37.6 Å². The molecule has 0 unspecified atom stereocenters. The highest BCUT2D eigenvalue weighted by Crippen LogP contribution is 2.17. The lowest BCUT2D eigenvalue weighted by Gasteiger charge is -2.11. The number of methoxy groups -OCH3 is 1. The van der Waals surface area contributed by atoms with E-state index < -0.39 is 0 Å². The molecule has 0 spiro atoms. The maximum atomic E-state index is 5.67. The van der Waals surface area contributed by atoms with Crippen LogP contribution in [0.25, 0.3) is 0 Å². The van der Waals surface area contributed by atoms with Gasteiger partial charge in [-0.05, 0) is 24.5 Å². The molecule has 0 bridgehead atoms. The molecule has 0 atom stereocenters. The van der Waals surface area contributed by atoms with Gasteiger partial charge in [0.05, 0.1) is 6.61 Å². The van der Waals surface area contributed by atoms with Crippen LogP contribution >= 0.6 is 0 Å². The number of hydrogen-bond acceptors (Lipinski definition) is 3. The van der Waals surface area contributed by atoms with Crippen molar-refractivity contribution >= 4 is 5.69 Å². The SMILES string of the molecule is COCCCNc1cccc(OCC(C)C)c1. The first kappa shape index (κ1) is 13.8. The number of rotatable bonds is 8. The molecule has 0 aromatic heterocycles. The Morgan fingerprint density at radius 1 is 1.29 bits per heavy atom. The van der Waals surface area contributed by atoms with Gasteiger partial charge < -0.3 is 14.8 Å². The Bertz CT molecular complexity index is 313. The van der Waals surface area contributed by atoms with E-state index in [1.54, 1.807) is 7.11 Å². The summed E-state index contributed by atoms with van der Waals surface area (Å²) in [7, 11) is 1.72. The largest absolute Gasteiger partial charge is 0.493 e. The predicted octanol–water partition coefficient (Wildman–Crippen LogP) is 3.17. The molecule has 0 fully saturated rings. The van der Waals surface area contributed by atoms with E-state index in [9.17, 15) is 0 Å². The van der Waals surface area contributed by atoms with E-state index in [1.807, 2.05) is 18.2 Å². The Morgan fingerprint density at radius 3 is 2.82 bits per heavy atom. The first-order valence-corrected chi connectivity index (χ1v) is 6.18. The van der Waals surface area contributed by atoms with Gasteiger partial charge in [-0.2, -0.15) is 0 Å². The van der Waals surface area contributed by atoms with E-state index in [1.165, 1.54) is 0 Å². The van der Waals surface area contributed by atoms with E-state index in [4.69, 9.17) is 9.47 Å². The van der Waals surface area contributed by atoms with Crippen LogP contribution in [-0.2, 0) is 4.74 Å². The summed E-state index contributed by atoms with van der Waals surface area (Å²) in [5.41, 5.74) is 1.10. The van der Waals surface area contributed by atoms with Crippen molar-refractivity contribution < 1.29 is 9.47 Å². The van der Waals surface area contributed by atoms with Gasteiger partial charge in [0.15, 0.2) is 0 Å². The Labute approximate surface area is 104 Å². The molecule has 0 amide bonds. The molecule has 0 saturated heterocycles. The van der Waals surface area contributed by atoms with Crippen molar-refractivity contribution in [3.63, 3.8) is 0 Å². The lowest BCUT2D eigenvalue weighted by molar-refractivity contribution is 0.198. The van der Waals surface area contributed by atoms with Crippen molar-refractivity contribution in [1.82, 2.24) is 0 Å². The normalized spacial score (nSPS) is 10.6. The molecule has 0 radical (unpaired) electrons. The van der Waals surface area contributed by atoms with Gasteiger partial charge in [-0.1, -0.05) is 19.9 Å². The van der Waals surface area contributed by atoms with Crippen molar-refractivity contribution in [2.75, 3.05) is 32.2 Å². The fraction of sp³-hybridized carbons (Fsp3) is 0.571. The Hall–Kier alpha value is -1.22. The van der Waals surface area contributed by atoms with Crippen LogP contribution in [0.4, 0.5) is 5.69 Å². The van der Waals surface area contributed by atoms with Crippen LogP contribution in [0.2, 0.25) is 0 Å². The highest BCUT2D eigenvalue weighted by Gasteiger charge is 1.98. The average Bonchev–Trinajstić information content (AvgIpc) is 2.33. The third-order valence-corrected chi connectivity index (χ3v) is 2.27. The van der Waals surface area contributed by atoms with Gasteiger partial charge in [-0.15, -0.1) is 0 Å². The summed E-state index contributed by atoms with van der Waals surface area (Å²) in [6.07, 6.45) is 1.01.